The van der Waals surface area contributed by atoms with Gasteiger partial charge in [0.2, 0.25) is 0 Å². The molecule has 1 spiro atoms. The number of aryl methyl sites for hydroxylation is 1. The molecule has 296 valence electrons. The molecule has 4 aliphatic heterocycles. The Balaban J connectivity index is 1.45. The number of hydrogen-bond donors (Lipinski definition) is 2. The van der Waals surface area contributed by atoms with E-state index >= 15 is 4.79 Å². The lowest BCUT2D eigenvalue weighted by Crippen LogP contribution is -2.48. The maximum atomic E-state index is 15.4. The summed E-state index contributed by atoms with van der Waals surface area (Å²) in [4.78, 5) is 46.2. The standard InChI is InChI=1S/C45H41N3O9S/c1-23-13-40(49)57-37-15-27(10-11-28(23)37)48-41(50)31-14-25(42(51)52)9-12-32(31)45(48)33-16-29-24(2)20-43(3,4)46(7)35(29)18-38(33)56-39-19-36-30(17-34(39)45)26(22-58(53,54)55)21-44(5,6)47(36)8/h9-21H,22H2,1-8H3,(H,51,52)(H,53,54,55). The van der Waals surface area contributed by atoms with Gasteiger partial charge >= 0.3 is 11.6 Å². The number of rotatable bonds is 4. The first-order valence-corrected chi connectivity index (χ1v) is 20.4. The van der Waals surface area contributed by atoms with Crippen LogP contribution in [-0.2, 0) is 15.7 Å². The molecule has 1 atom stereocenters. The Morgan fingerprint density at radius 2 is 1.38 bits per heavy atom. The second kappa shape index (κ2) is 11.9. The van der Waals surface area contributed by atoms with Crippen LogP contribution in [0.15, 0.2) is 88.1 Å². The van der Waals surface area contributed by atoms with Crippen LogP contribution in [0.2, 0.25) is 0 Å². The van der Waals surface area contributed by atoms with Crippen LogP contribution in [-0.4, -0.2) is 60.9 Å². The minimum atomic E-state index is -4.50. The van der Waals surface area contributed by atoms with Crippen LogP contribution in [0.25, 0.3) is 22.1 Å². The molecule has 58 heavy (non-hydrogen) atoms. The number of likely N-dealkylation sites (N-methyl/N-ethyl adjacent to an activating group) is 2. The zero-order chi connectivity index (χ0) is 41.6. The smallest absolute Gasteiger partial charge is 0.336 e. The van der Waals surface area contributed by atoms with Gasteiger partial charge in [-0.1, -0.05) is 18.2 Å². The molecular weight excluding hydrogens is 759 g/mol. The van der Waals surface area contributed by atoms with E-state index in [9.17, 15) is 27.7 Å². The molecule has 0 saturated heterocycles. The Morgan fingerprint density at radius 1 is 0.759 bits per heavy atom. The Kier molecular flexibility index (Phi) is 7.69. The second-order valence-electron chi connectivity index (χ2n) is 16.8. The molecule has 0 saturated carbocycles. The van der Waals surface area contributed by atoms with Crippen molar-refractivity contribution in [1.82, 2.24) is 0 Å². The average Bonchev–Trinajstić information content (AvgIpc) is 3.38. The highest BCUT2D eigenvalue weighted by atomic mass is 32.2. The number of amides is 1. The minimum absolute atomic E-state index is 0.0857. The number of hydrogen-bond acceptors (Lipinski definition) is 9. The highest BCUT2D eigenvalue weighted by molar-refractivity contribution is 7.86. The molecule has 0 aliphatic carbocycles. The number of nitrogens with zero attached hydrogens (tertiary/aromatic N) is 3. The number of ether oxygens (including phenoxy) is 1. The lowest BCUT2D eigenvalue weighted by molar-refractivity contribution is 0.0696. The first-order chi connectivity index (χ1) is 27.1. The summed E-state index contributed by atoms with van der Waals surface area (Å²) in [6, 6.07) is 18.7. The zero-order valence-electron chi connectivity index (χ0n) is 33.2. The van der Waals surface area contributed by atoms with Crippen molar-refractivity contribution in [1.29, 1.82) is 0 Å². The number of carboxylic acid groups (broad SMARTS) is 1. The van der Waals surface area contributed by atoms with Crippen molar-refractivity contribution in [2.45, 2.75) is 58.2 Å². The summed E-state index contributed by atoms with van der Waals surface area (Å²) in [5, 5.41) is 10.8. The monoisotopic (exact) mass is 799 g/mol. The van der Waals surface area contributed by atoms with E-state index in [4.69, 9.17) is 9.15 Å². The maximum Gasteiger partial charge on any atom is 0.336 e. The van der Waals surface area contributed by atoms with Crippen molar-refractivity contribution >= 4 is 61.2 Å². The highest BCUT2D eigenvalue weighted by Crippen LogP contribution is 2.62. The number of benzene rings is 4. The van der Waals surface area contributed by atoms with E-state index in [0.29, 0.717) is 61.7 Å². The molecule has 1 aromatic heterocycles. The number of aromatic carboxylic acids is 1. The van der Waals surface area contributed by atoms with Gasteiger partial charge in [0, 0.05) is 94.2 Å². The third-order valence-electron chi connectivity index (χ3n) is 12.5. The maximum absolute atomic E-state index is 15.4. The molecule has 1 unspecified atom stereocenters. The molecule has 5 heterocycles. The van der Waals surface area contributed by atoms with Crippen molar-refractivity contribution < 1.29 is 36.8 Å². The SMILES string of the molecule is CC1=CC(C)(C)N(C)c2cc3c(cc21)C1(c2cc4c(cc2O3)N(C)C(C)(C)C=C4CS(=O)(=O)O)c2ccc(C(=O)O)cc2C(=O)N1c1ccc2c(C)cc(=O)oc2c1. The van der Waals surface area contributed by atoms with Gasteiger partial charge in [-0.2, -0.15) is 8.42 Å². The van der Waals surface area contributed by atoms with E-state index in [1.165, 1.54) is 18.2 Å². The summed E-state index contributed by atoms with van der Waals surface area (Å²) in [6.45, 7) is 11.9. The predicted octanol–water partition coefficient (Wildman–Crippen LogP) is 7.99. The lowest BCUT2D eigenvalue weighted by Gasteiger charge is -2.47. The van der Waals surface area contributed by atoms with E-state index in [0.717, 1.165) is 16.8 Å². The molecule has 0 bridgehead atoms. The van der Waals surface area contributed by atoms with Crippen molar-refractivity contribution in [3.05, 3.63) is 134 Å². The number of fused-ring (bicyclic) bond motifs is 9. The molecule has 4 aliphatic rings. The summed E-state index contributed by atoms with van der Waals surface area (Å²) in [5.74, 6) is -1.56. The molecular formula is C45H41N3O9S. The largest absolute Gasteiger partial charge is 0.478 e. The summed E-state index contributed by atoms with van der Waals surface area (Å²) < 4.78 is 48.0. The number of anilines is 3. The van der Waals surface area contributed by atoms with E-state index in [2.05, 4.69) is 24.8 Å². The fraction of sp³-hybridized carbons (Fsp3) is 0.267. The fourth-order valence-corrected chi connectivity index (χ4v) is 10.00. The van der Waals surface area contributed by atoms with Gasteiger partial charge in [-0.05, 0) is 94.7 Å². The molecule has 4 aromatic carbocycles. The summed E-state index contributed by atoms with van der Waals surface area (Å²) >= 11 is 0. The zero-order valence-corrected chi connectivity index (χ0v) is 34.0. The Labute approximate surface area is 335 Å². The first kappa shape index (κ1) is 37.4. The van der Waals surface area contributed by atoms with Crippen molar-refractivity contribution in [3.8, 4) is 11.5 Å². The third kappa shape index (κ3) is 5.22. The predicted molar refractivity (Wildman–Crippen MR) is 223 cm³/mol. The van der Waals surface area contributed by atoms with Crippen LogP contribution in [0.5, 0.6) is 11.5 Å². The molecule has 5 aromatic rings. The van der Waals surface area contributed by atoms with Gasteiger partial charge in [0.15, 0.2) is 0 Å². The van der Waals surface area contributed by atoms with Gasteiger partial charge in [0.05, 0.1) is 16.6 Å². The quantitative estimate of drug-likeness (QED) is 0.134. The van der Waals surface area contributed by atoms with Crippen LogP contribution in [0, 0.1) is 6.92 Å². The molecule has 0 fully saturated rings. The molecule has 9 rings (SSSR count). The molecule has 12 nitrogen and oxygen atoms in total. The van der Waals surface area contributed by atoms with Gasteiger partial charge < -0.3 is 24.1 Å². The molecule has 1 amide bonds. The average molecular weight is 800 g/mol. The molecule has 0 radical (unpaired) electrons. The number of carbonyl (C=O) groups excluding carboxylic acids is 1. The first-order valence-electron chi connectivity index (χ1n) is 18.8. The minimum Gasteiger partial charge on any atom is -0.478 e. The van der Waals surface area contributed by atoms with Crippen molar-refractivity contribution in [2.75, 3.05) is 34.5 Å². The Bertz CT molecular complexity index is 2980. The normalized spacial score (nSPS) is 19.8. The van der Waals surface area contributed by atoms with Crippen LogP contribution >= 0.6 is 0 Å². The number of carboxylic acids is 1. The van der Waals surface area contributed by atoms with Gasteiger partial charge in [-0.25, -0.2) is 9.59 Å². The Hall–Kier alpha value is -6.18. The van der Waals surface area contributed by atoms with Crippen molar-refractivity contribution in [2.24, 2.45) is 0 Å². The summed E-state index contributed by atoms with van der Waals surface area (Å²) in [6.07, 6.45) is 3.98. The van der Waals surface area contributed by atoms with Crippen LogP contribution < -0.4 is 25.1 Å². The second-order valence-corrected chi connectivity index (χ2v) is 18.3. The summed E-state index contributed by atoms with van der Waals surface area (Å²) in [5.41, 5.74) is 4.00. The topological polar surface area (TPSA) is 158 Å². The molecule has 2 N–H and O–H groups in total. The molecule has 13 heteroatoms. The van der Waals surface area contributed by atoms with E-state index in [-0.39, 0.29) is 22.2 Å². The summed E-state index contributed by atoms with van der Waals surface area (Å²) in [7, 11) is -0.601. The van der Waals surface area contributed by atoms with Gasteiger partial charge in [0.1, 0.15) is 28.4 Å². The lowest BCUT2D eigenvalue weighted by atomic mass is 9.72. The fourth-order valence-electron chi connectivity index (χ4n) is 9.36. The van der Waals surface area contributed by atoms with Gasteiger partial charge in [0.25, 0.3) is 16.0 Å². The van der Waals surface area contributed by atoms with E-state index < -0.39 is 44.5 Å². The van der Waals surface area contributed by atoms with Crippen LogP contribution in [0.1, 0.15) is 88.7 Å². The van der Waals surface area contributed by atoms with Gasteiger partial charge in [-0.15, -0.1) is 0 Å². The number of carbonyl (C=O) groups is 2. The number of allylic oxidation sites excluding steroid dienone is 1. The Morgan fingerprint density at radius 3 is 2.02 bits per heavy atom. The van der Waals surface area contributed by atoms with Crippen LogP contribution in [0.4, 0.5) is 17.1 Å². The van der Waals surface area contributed by atoms with Crippen LogP contribution in [0.3, 0.4) is 0 Å². The third-order valence-corrected chi connectivity index (χ3v) is 13.1. The highest BCUT2D eigenvalue weighted by Gasteiger charge is 2.58. The van der Waals surface area contributed by atoms with Crippen molar-refractivity contribution in [3.63, 3.8) is 0 Å². The van der Waals surface area contributed by atoms with Gasteiger partial charge in [-0.3, -0.25) is 14.2 Å². The van der Waals surface area contributed by atoms with E-state index in [1.807, 2.05) is 64.0 Å². The van der Waals surface area contributed by atoms with E-state index in [1.54, 1.807) is 42.2 Å².